The second kappa shape index (κ2) is 3.01. The molecule has 5 heteroatoms. The predicted molar refractivity (Wildman–Crippen MR) is 43.9 cm³/mol. The van der Waals surface area contributed by atoms with Crippen molar-refractivity contribution in [1.82, 2.24) is 15.3 Å². The number of rotatable bonds is 2. The Morgan fingerprint density at radius 2 is 2.15 bits per heavy atom. The summed E-state index contributed by atoms with van der Waals surface area (Å²) in [5.41, 5.74) is 0.593. The SMILES string of the molecule is CC(C)c1nc(-c2ccon2)no1. The molecule has 0 spiro atoms. The van der Waals surface area contributed by atoms with Gasteiger partial charge in [0, 0.05) is 12.0 Å². The van der Waals surface area contributed by atoms with Crippen LogP contribution in [-0.2, 0) is 0 Å². The van der Waals surface area contributed by atoms with Crippen molar-refractivity contribution in [3.8, 4) is 11.5 Å². The van der Waals surface area contributed by atoms with E-state index < -0.39 is 0 Å². The monoisotopic (exact) mass is 179 g/mol. The first-order valence-corrected chi connectivity index (χ1v) is 4.01. The molecule has 0 bridgehead atoms. The Bertz CT molecular complexity index is 378. The topological polar surface area (TPSA) is 65.0 Å². The summed E-state index contributed by atoms with van der Waals surface area (Å²) in [5, 5.41) is 7.47. The summed E-state index contributed by atoms with van der Waals surface area (Å²) < 4.78 is 9.67. The van der Waals surface area contributed by atoms with E-state index in [9.17, 15) is 0 Å². The van der Waals surface area contributed by atoms with Crippen LogP contribution in [0.5, 0.6) is 0 Å². The minimum atomic E-state index is 0.230. The maximum absolute atomic E-state index is 5.01. The Hall–Kier alpha value is -1.65. The van der Waals surface area contributed by atoms with Crippen LogP contribution in [0.25, 0.3) is 11.5 Å². The van der Waals surface area contributed by atoms with E-state index in [0.29, 0.717) is 17.4 Å². The summed E-state index contributed by atoms with van der Waals surface area (Å²) in [5.74, 6) is 1.31. The van der Waals surface area contributed by atoms with E-state index in [1.165, 1.54) is 6.26 Å². The molecule has 0 fully saturated rings. The van der Waals surface area contributed by atoms with Crippen molar-refractivity contribution >= 4 is 0 Å². The van der Waals surface area contributed by atoms with E-state index in [1.54, 1.807) is 6.07 Å². The maximum Gasteiger partial charge on any atom is 0.229 e. The average Bonchev–Trinajstić information content (AvgIpc) is 2.75. The van der Waals surface area contributed by atoms with Crippen LogP contribution in [0.3, 0.4) is 0 Å². The summed E-state index contributed by atoms with van der Waals surface area (Å²) >= 11 is 0. The van der Waals surface area contributed by atoms with E-state index >= 15 is 0 Å². The van der Waals surface area contributed by atoms with Gasteiger partial charge in [-0.05, 0) is 0 Å². The van der Waals surface area contributed by atoms with Gasteiger partial charge >= 0.3 is 0 Å². The van der Waals surface area contributed by atoms with Crippen LogP contribution in [0.4, 0.5) is 0 Å². The fourth-order valence-electron chi connectivity index (χ4n) is 0.902. The number of nitrogens with zero attached hydrogens (tertiary/aromatic N) is 3. The highest BCUT2D eigenvalue weighted by atomic mass is 16.5. The number of aromatic nitrogens is 3. The fraction of sp³-hybridized carbons (Fsp3) is 0.375. The second-order valence-electron chi connectivity index (χ2n) is 3.00. The van der Waals surface area contributed by atoms with Gasteiger partial charge in [0.2, 0.25) is 11.7 Å². The first-order valence-electron chi connectivity index (χ1n) is 4.01. The van der Waals surface area contributed by atoms with E-state index in [1.807, 2.05) is 13.8 Å². The molecule has 0 N–H and O–H groups in total. The van der Waals surface area contributed by atoms with Gasteiger partial charge in [0.15, 0.2) is 5.69 Å². The molecule has 0 saturated carbocycles. The smallest absolute Gasteiger partial charge is 0.229 e. The summed E-state index contributed by atoms with van der Waals surface area (Å²) in [6.07, 6.45) is 1.47. The molecule has 0 unspecified atom stereocenters. The van der Waals surface area contributed by atoms with Crippen LogP contribution in [-0.4, -0.2) is 15.3 Å². The van der Waals surface area contributed by atoms with E-state index in [2.05, 4.69) is 19.8 Å². The maximum atomic E-state index is 5.01. The van der Waals surface area contributed by atoms with Crippen LogP contribution in [0.1, 0.15) is 25.7 Å². The molecule has 2 aromatic rings. The molecule has 5 nitrogen and oxygen atoms in total. The van der Waals surface area contributed by atoms with Crippen molar-refractivity contribution in [2.24, 2.45) is 0 Å². The van der Waals surface area contributed by atoms with Crippen LogP contribution >= 0.6 is 0 Å². The molecule has 0 aliphatic heterocycles. The zero-order chi connectivity index (χ0) is 9.26. The average molecular weight is 179 g/mol. The highest BCUT2D eigenvalue weighted by Gasteiger charge is 2.12. The molecular weight excluding hydrogens is 170 g/mol. The van der Waals surface area contributed by atoms with Gasteiger partial charge in [-0.3, -0.25) is 0 Å². The van der Waals surface area contributed by atoms with E-state index in [4.69, 9.17) is 4.52 Å². The fourth-order valence-corrected chi connectivity index (χ4v) is 0.902. The Labute approximate surface area is 74.7 Å². The standard InChI is InChI=1S/C8H9N3O2/c1-5(2)8-9-7(11-13-8)6-3-4-12-10-6/h3-5H,1-2H3. The van der Waals surface area contributed by atoms with Crippen LogP contribution in [0.2, 0.25) is 0 Å². The normalized spacial score (nSPS) is 11.0. The third-order valence-corrected chi connectivity index (χ3v) is 1.60. The largest absolute Gasteiger partial charge is 0.364 e. The second-order valence-corrected chi connectivity index (χ2v) is 3.00. The Morgan fingerprint density at radius 3 is 2.69 bits per heavy atom. The summed E-state index contributed by atoms with van der Waals surface area (Å²) in [6.45, 7) is 3.97. The molecule has 68 valence electrons. The molecule has 0 atom stereocenters. The van der Waals surface area contributed by atoms with Crippen molar-refractivity contribution in [2.45, 2.75) is 19.8 Å². The van der Waals surface area contributed by atoms with E-state index in [-0.39, 0.29) is 5.92 Å². The van der Waals surface area contributed by atoms with Gasteiger partial charge < -0.3 is 9.05 Å². The zero-order valence-corrected chi connectivity index (χ0v) is 7.39. The van der Waals surface area contributed by atoms with Gasteiger partial charge in [-0.2, -0.15) is 4.98 Å². The zero-order valence-electron chi connectivity index (χ0n) is 7.39. The first-order chi connectivity index (χ1) is 6.27. The van der Waals surface area contributed by atoms with Gasteiger partial charge in [-0.25, -0.2) is 0 Å². The molecular formula is C8H9N3O2. The Morgan fingerprint density at radius 1 is 1.31 bits per heavy atom. The third-order valence-electron chi connectivity index (χ3n) is 1.60. The van der Waals surface area contributed by atoms with Crippen LogP contribution in [0.15, 0.2) is 21.4 Å². The molecule has 2 rings (SSSR count). The molecule has 0 radical (unpaired) electrons. The van der Waals surface area contributed by atoms with E-state index in [0.717, 1.165) is 0 Å². The van der Waals surface area contributed by atoms with Crippen LogP contribution in [0, 0.1) is 0 Å². The highest BCUT2D eigenvalue weighted by molar-refractivity contribution is 5.45. The van der Waals surface area contributed by atoms with Crippen molar-refractivity contribution < 1.29 is 9.05 Å². The molecule has 0 amide bonds. The molecule has 2 heterocycles. The molecule has 0 saturated heterocycles. The molecule has 13 heavy (non-hydrogen) atoms. The minimum Gasteiger partial charge on any atom is -0.364 e. The number of hydrogen-bond acceptors (Lipinski definition) is 5. The summed E-state index contributed by atoms with van der Waals surface area (Å²) in [7, 11) is 0. The lowest BCUT2D eigenvalue weighted by atomic mass is 10.2. The Balaban J connectivity index is 2.33. The number of hydrogen-bond donors (Lipinski definition) is 0. The summed E-state index contributed by atoms with van der Waals surface area (Å²) in [6, 6.07) is 1.69. The lowest BCUT2D eigenvalue weighted by Gasteiger charge is -1.91. The lowest BCUT2D eigenvalue weighted by molar-refractivity contribution is 0.365. The molecule has 2 aromatic heterocycles. The highest BCUT2D eigenvalue weighted by Crippen LogP contribution is 2.17. The quantitative estimate of drug-likeness (QED) is 0.703. The summed E-state index contributed by atoms with van der Waals surface area (Å²) in [4.78, 5) is 4.15. The van der Waals surface area contributed by atoms with Crippen LogP contribution < -0.4 is 0 Å². The van der Waals surface area contributed by atoms with Gasteiger partial charge in [0.25, 0.3) is 0 Å². The van der Waals surface area contributed by atoms with Gasteiger partial charge in [0.05, 0.1) is 0 Å². The van der Waals surface area contributed by atoms with Gasteiger partial charge in [0.1, 0.15) is 6.26 Å². The molecule has 0 aliphatic carbocycles. The van der Waals surface area contributed by atoms with Crippen molar-refractivity contribution in [1.29, 1.82) is 0 Å². The van der Waals surface area contributed by atoms with Gasteiger partial charge in [-0.15, -0.1) is 0 Å². The van der Waals surface area contributed by atoms with Gasteiger partial charge in [-0.1, -0.05) is 24.2 Å². The van der Waals surface area contributed by atoms with Crippen molar-refractivity contribution in [2.75, 3.05) is 0 Å². The van der Waals surface area contributed by atoms with Crippen molar-refractivity contribution in [3.05, 3.63) is 18.2 Å². The molecule has 0 aliphatic rings. The first kappa shape index (κ1) is 7.97. The Kier molecular flexibility index (Phi) is 1.84. The van der Waals surface area contributed by atoms with Crippen molar-refractivity contribution in [3.63, 3.8) is 0 Å². The predicted octanol–water partition coefficient (Wildman–Crippen LogP) is 1.85. The lowest BCUT2D eigenvalue weighted by Crippen LogP contribution is -1.86. The third kappa shape index (κ3) is 1.44. The minimum absolute atomic E-state index is 0.230. The molecule has 0 aromatic carbocycles.